The Balaban J connectivity index is 1.36. The van der Waals surface area contributed by atoms with Gasteiger partial charge in [0.1, 0.15) is 11.9 Å². The van der Waals surface area contributed by atoms with Gasteiger partial charge >= 0.3 is 0 Å². The van der Waals surface area contributed by atoms with Crippen LogP contribution < -0.4 is 10.1 Å². The molecule has 1 aliphatic rings. The highest BCUT2D eigenvalue weighted by atomic mass is 16.5. The molecule has 1 amide bonds. The molecule has 4 rings (SSSR count). The van der Waals surface area contributed by atoms with E-state index in [2.05, 4.69) is 53.8 Å². The summed E-state index contributed by atoms with van der Waals surface area (Å²) in [4.78, 5) is 12.2. The Hall–Kier alpha value is -3.11. The second-order valence-corrected chi connectivity index (χ2v) is 8.05. The van der Waals surface area contributed by atoms with Crippen LogP contribution in [0, 0.1) is 0 Å². The molecule has 0 saturated carbocycles. The van der Waals surface area contributed by atoms with E-state index >= 15 is 0 Å². The summed E-state index contributed by atoms with van der Waals surface area (Å²) in [7, 11) is 0. The summed E-state index contributed by atoms with van der Waals surface area (Å²) in [5, 5.41) is 2.84. The van der Waals surface area contributed by atoms with Gasteiger partial charge in [-0.15, -0.1) is 0 Å². The van der Waals surface area contributed by atoms with Crippen molar-refractivity contribution in [3.05, 3.63) is 89.5 Å². The average molecular weight is 430 g/mol. The van der Waals surface area contributed by atoms with Gasteiger partial charge in [-0.3, -0.25) is 4.79 Å². The highest BCUT2D eigenvalue weighted by Gasteiger charge is 2.27. The summed E-state index contributed by atoms with van der Waals surface area (Å²) >= 11 is 0. The molecular weight excluding hydrogens is 398 g/mol. The number of likely N-dealkylation sites (N-methyl/N-ethyl adjacent to an activating group) is 1. The summed E-state index contributed by atoms with van der Waals surface area (Å²) < 4.78 is 11.7. The zero-order chi connectivity index (χ0) is 22.3. The number of fused-ring (bicyclic) bond motifs is 3. The SMILES string of the molecule is CCNC(=O)C(Cc1ccc(OCCC2c3ccccc3-c3ccccc32)cc1)OCC. The van der Waals surface area contributed by atoms with Crippen molar-refractivity contribution in [3.8, 4) is 16.9 Å². The number of amides is 1. The normalized spacial score (nSPS) is 13.3. The number of carbonyl (C=O) groups excluding carboxylic acids is 1. The Kier molecular flexibility index (Phi) is 7.23. The first-order valence-electron chi connectivity index (χ1n) is 11.5. The van der Waals surface area contributed by atoms with E-state index in [4.69, 9.17) is 9.47 Å². The van der Waals surface area contributed by atoms with Gasteiger partial charge in [-0.1, -0.05) is 60.7 Å². The minimum absolute atomic E-state index is 0.0631. The first-order valence-corrected chi connectivity index (χ1v) is 11.5. The molecular formula is C28H31NO3. The Morgan fingerprint density at radius 1 is 0.906 bits per heavy atom. The van der Waals surface area contributed by atoms with Gasteiger partial charge in [0, 0.05) is 25.5 Å². The van der Waals surface area contributed by atoms with E-state index in [1.165, 1.54) is 22.3 Å². The Bertz CT molecular complexity index is 999. The molecule has 0 spiro atoms. The van der Waals surface area contributed by atoms with E-state index < -0.39 is 6.10 Å². The lowest BCUT2D eigenvalue weighted by atomic mass is 9.94. The molecule has 0 fully saturated rings. The molecule has 1 N–H and O–H groups in total. The highest BCUT2D eigenvalue weighted by molar-refractivity contribution is 5.81. The number of ether oxygens (including phenoxy) is 2. The van der Waals surface area contributed by atoms with Crippen molar-refractivity contribution in [2.75, 3.05) is 19.8 Å². The van der Waals surface area contributed by atoms with E-state index in [0.29, 0.717) is 32.1 Å². The zero-order valence-corrected chi connectivity index (χ0v) is 18.8. The molecule has 0 heterocycles. The fraction of sp³-hybridized carbons (Fsp3) is 0.321. The van der Waals surface area contributed by atoms with Crippen molar-refractivity contribution >= 4 is 5.91 Å². The van der Waals surface area contributed by atoms with E-state index in [1.54, 1.807) is 0 Å². The van der Waals surface area contributed by atoms with Crippen LogP contribution in [0.1, 0.15) is 42.9 Å². The van der Waals surface area contributed by atoms with Crippen molar-refractivity contribution in [2.24, 2.45) is 0 Å². The van der Waals surface area contributed by atoms with Crippen LogP contribution >= 0.6 is 0 Å². The molecule has 1 atom stereocenters. The summed E-state index contributed by atoms with van der Waals surface area (Å²) in [6.45, 7) is 5.58. The highest BCUT2D eigenvalue weighted by Crippen LogP contribution is 2.45. The maximum atomic E-state index is 12.2. The number of carbonyl (C=O) groups is 1. The van der Waals surface area contributed by atoms with Gasteiger partial charge in [0.15, 0.2) is 0 Å². The van der Waals surface area contributed by atoms with Gasteiger partial charge in [0.2, 0.25) is 5.91 Å². The molecule has 4 nitrogen and oxygen atoms in total. The fourth-order valence-electron chi connectivity index (χ4n) is 4.52. The number of hydrogen-bond donors (Lipinski definition) is 1. The summed E-state index contributed by atoms with van der Waals surface area (Å²) in [6.07, 6.45) is 1.02. The lowest BCUT2D eigenvalue weighted by Gasteiger charge is -2.17. The molecule has 1 aliphatic carbocycles. The van der Waals surface area contributed by atoms with Crippen molar-refractivity contribution in [2.45, 2.75) is 38.7 Å². The number of nitrogens with one attached hydrogen (secondary N) is 1. The van der Waals surface area contributed by atoms with Gasteiger partial charge in [-0.05, 0) is 60.2 Å². The second-order valence-electron chi connectivity index (χ2n) is 8.05. The van der Waals surface area contributed by atoms with Gasteiger partial charge in [-0.25, -0.2) is 0 Å². The molecule has 0 aromatic heterocycles. The third-order valence-corrected chi connectivity index (χ3v) is 5.99. The lowest BCUT2D eigenvalue weighted by Crippen LogP contribution is -2.37. The maximum Gasteiger partial charge on any atom is 0.249 e. The molecule has 0 saturated heterocycles. The Morgan fingerprint density at radius 3 is 2.12 bits per heavy atom. The molecule has 32 heavy (non-hydrogen) atoms. The summed E-state index contributed by atoms with van der Waals surface area (Å²) in [5.41, 5.74) is 6.52. The molecule has 1 unspecified atom stereocenters. The average Bonchev–Trinajstić information content (AvgIpc) is 3.14. The lowest BCUT2D eigenvalue weighted by molar-refractivity contribution is -0.132. The molecule has 0 bridgehead atoms. The van der Waals surface area contributed by atoms with Crippen LogP contribution in [-0.2, 0) is 16.0 Å². The van der Waals surface area contributed by atoms with Crippen LogP contribution in [0.2, 0.25) is 0 Å². The second kappa shape index (κ2) is 10.5. The maximum absolute atomic E-state index is 12.2. The van der Waals surface area contributed by atoms with Crippen molar-refractivity contribution in [1.29, 1.82) is 0 Å². The van der Waals surface area contributed by atoms with E-state index in [-0.39, 0.29) is 5.91 Å². The standard InChI is InChI=1S/C28H31NO3/c1-3-29-28(30)27(31-4-2)19-20-13-15-21(16-14-20)32-18-17-26-24-11-7-5-9-22(24)23-10-6-8-12-25(23)26/h5-16,26-27H,3-4,17-19H2,1-2H3,(H,29,30). The molecule has 4 heteroatoms. The molecule has 0 radical (unpaired) electrons. The Morgan fingerprint density at radius 2 is 1.53 bits per heavy atom. The smallest absolute Gasteiger partial charge is 0.249 e. The molecule has 0 aliphatic heterocycles. The minimum atomic E-state index is -0.464. The van der Waals surface area contributed by atoms with Crippen molar-refractivity contribution < 1.29 is 14.3 Å². The van der Waals surface area contributed by atoms with E-state index in [0.717, 1.165) is 17.7 Å². The number of hydrogen-bond acceptors (Lipinski definition) is 3. The summed E-state index contributed by atoms with van der Waals surface area (Å²) in [6, 6.07) is 25.3. The zero-order valence-electron chi connectivity index (χ0n) is 18.8. The van der Waals surface area contributed by atoms with Gasteiger partial charge < -0.3 is 14.8 Å². The van der Waals surface area contributed by atoms with Crippen molar-refractivity contribution in [3.63, 3.8) is 0 Å². The van der Waals surface area contributed by atoms with Crippen LogP contribution in [0.4, 0.5) is 0 Å². The summed E-state index contributed by atoms with van der Waals surface area (Å²) in [5.74, 6) is 1.15. The quantitative estimate of drug-likeness (QED) is 0.472. The third-order valence-electron chi connectivity index (χ3n) is 5.99. The monoisotopic (exact) mass is 429 g/mol. The molecule has 3 aromatic rings. The van der Waals surface area contributed by atoms with Crippen LogP contribution in [0.25, 0.3) is 11.1 Å². The predicted octanol–water partition coefficient (Wildman–Crippen LogP) is 5.35. The number of benzene rings is 3. The van der Waals surface area contributed by atoms with Gasteiger partial charge in [0.25, 0.3) is 0 Å². The third kappa shape index (κ3) is 4.86. The van der Waals surface area contributed by atoms with Gasteiger partial charge in [0.05, 0.1) is 6.61 Å². The first-order chi connectivity index (χ1) is 15.7. The largest absolute Gasteiger partial charge is 0.494 e. The Labute approximate surface area is 190 Å². The van der Waals surface area contributed by atoms with Crippen LogP contribution in [0.5, 0.6) is 5.75 Å². The first kappa shape index (κ1) is 22.1. The molecule has 3 aromatic carbocycles. The number of rotatable bonds is 10. The van der Waals surface area contributed by atoms with E-state index in [1.807, 2.05) is 38.1 Å². The van der Waals surface area contributed by atoms with Crippen LogP contribution in [0.15, 0.2) is 72.8 Å². The minimum Gasteiger partial charge on any atom is -0.494 e. The van der Waals surface area contributed by atoms with E-state index in [9.17, 15) is 4.79 Å². The van der Waals surface area contributed by atoms with Crippen molar-refractivity contribution in [1.82, 2.24) is 5.32 Å². The van der Waals surface area contributed by atoms with Crippen LogP contribution in [-0.4, -0.2) is 31.8 Å². The fourth-order valence-corrected chi connectivity index (χ4v) is 4.52. The van der Waals surface area contributed by atoms with Crippen LogP contribution in [0.3, 0.4) is 0 Å². The molecule has 166 valence electrons. The van der Waals surface area contributed by atoms with Gasteiger partial charge in [-0.2, -0.15) is 0 Å². The predicted molar refractivity (Wildman–Crippen MR) is 128 cm³/mol. The topological polar surface area (TPSA) is 47.6 Å².